The largest absolute Gasteiger partial charge is 0.466 e. The second kappa shape index (κ2) is 4.85. The number of rotatable bonds is 3. The summed E-state index contributed by atoms with van der Waals surface area (Å²) >= 11 is 3.68. The molecule has 0 aliphatic carbocycles. The van der Waals surface area contributed by atoms with Crippen LogP contribution in [0.4, 0.5) is 0 Å². The number of nitrogens with zero attached hydrogens (tertiary/aromatic N) is 1. The van der Waals surface area contributed by atoms with E-state index >= 15 is 0 Å². The molecule has 1 unspecified atom stereocenters. The van der Waals surface area contributed by atoms with Crippen LogP contribution in [0.5, 0.6) is 0 Å². The molecule has 4 heteroatoms. The van der Waals surface area contributed by atoms with E-state index < -0.39 is 0 Å². The molecular formula is C15H14BrNO2. The highest BCUT2D eigenvalue weighted by atomic mass is 79.9. The van der Waals surface area contributed by atoms with Crippen LogP contribution in [0, 0.1) is 13.8 Å². The summed E-state index contributed by atoms with van der Waals surface area (Å²) in [7, 11) is 0. The van der Waals surface area contributed by atoms with Crippen LogP contribution in [0.15, 0.2) is 39.2 Å². The normalized spacial score (nSPS) is 13.0. The fourth-order valence-electron chi connectivity index (χ4n) is 2.23. The van der Waals surface area contributed by atoms with E-state index in [2.05, 4.69) is 27.0 Å². The third-order valence-corrected chi connectivity index (χ3v) is 3.93. The number of fused-ring (bicyclic) bond motifs is 1. The summed E-state index contributed by atoms with van der Waals surface area (Å²) < 4.78 is 11.3. The number of hydrogen-bond donors (Lipinski definition) is 0. The van der Waals surface area contributed by atoms with Crippen molar-refractivity contribution in [1.29, 1.82) is 0 Å². The first-order chi connectivity index (χ1) is 9.13. The predicted octanol–water partition coefficient (Wildman–Crippen LogP) is 4.72. The molecule has 0 saturated heterocycles. The number of aryl methyl sites for hydroxylation is 2. The molecule has 3 nitrogen and oxygen atoms in total. The maximum Gasteiger partial charge on any atom is 0.196 e. The Morgan fingerprint density at radius 1 is 1.21 bits per heavy atom. The molecule has 2 aromatic heterocycles. The van der Waals surface area contributed by atoms with Gasteiger partial charge in [-0.15, -0.1) is 0 Å². The number of alkyl halides is 1. The second-order valence-corrected chi connectivity index (χ2v) is 5.72. The van der Waals surface area contributed by atoms with Crippen LogP contribution < -0.4 is 0 Å². The quantitative estimate of drug-likeness (QED) is 0.656. The van der Waals surface area contributed by atoms with Crippen LogP contribution in [0.2, 0.25) is 0 Å². The Morgan fingerprint density at radius 2 is 2.00 bits per heavy atom. The van der Waals surface area contributed by atoms with Gasteiger partial charge in [-0.3, -0.25) is 0 Å². The van der Waals surface area contributed by atoms with Crippen molar-refractivity contribution in [3.05, 3.63) is 53.3 Å². The van der Waals surface area contributed by atoms with Gasteiger partial charge in [-0.2, -0.15) is 0 Å². The lowest BCUT2D eigenvalue weighted by Crippen LogP contribution is -1.95. The molecule has 3 aromatic rings. The number of halogens is 1. The van der Waals surface area contributed by atoms with E-state index in [9.17, 15) is 0 Å². The van der Waals surface area contributed by atoms with Crippen molar-refractivity contribution in [3.8, 4) is 0 Å². The smallest absolute Gasteiger partial charge is 0.196 e. The maximum absolute atomic E-state index is 5.74. The zero-order chi connectivity index (χ0) is 13.4. The maximum atomic E-state index is 5.74. The van der Waals surface area contributed by atoms with E-state index in [0.717, 1.165) is 34.1 Å². The molecule has 1 atom stereocenters. The van der Waals surface area contributed by atoms with E-state index in [4.69, 9.17) is 8.83 Å². The van der Waals surface area contributed by atoms with Gasteiger partial charge in [0.1, 0.15) is 17.0 Å². The zero-order valence-corrected chi connectivity index (χ0v) is 12.4. The molecule has 0 radical (unpaired) electrons. The van der Waals surface area contributed by atoms with Crippen LogP contribution in [-0.4, -0.2) is 4.98 Å². The monoisotopic (exact) mass is 319 g/mol. The number of aromatic nitrogens is 1. The minimum atomic E-state index is 0.151. The second-order valence-electron chi connectivity index (χ2n) is 4.62. The molecule has 0 spiro atoms. The first kappa shape index (κ1) is 12.5. The summed E-state index contributed by atoms with van der Waals surface area (Å²) in [6.45, 7) is 3.93. The Balaban J connectivity index is 1.86. The zero-order valence-electron chi connectivity index (χ0n) is 10.8. The van der Waals surface area contributed by atoms with E-state index in [1.54, 1.807) is 0 Å². The van der Waals surface area contributed by atoms with Crippen molar-refractivity contribution in [3.63, 3.8) is 0 Å². The first-order valence-electron chi connectivity index (χ1n) is 6.19. The van der Waals surface area contributed by atoms with Crippen molar-refractivity contribution in [1.82, 2.24) is 4.98 Å². The van der Waals surface area contributed by atoms with E-state index in [1.807, 2.05) is 38.1 Å². The Labute approximate surface area is 119 Å². The molecule has 3 rings (SSSR count). The van der Waals surface area contributed by atoms with Gasteiger partial charge in [-0.05, 0) is 32.0 Å². The molecule has 0 bridgehead atoms. The van der Waals surface area contributed by atoms with Gasteiger partial charge in [-0.25, -0.2) is 4.98 Å². The van der Waals surface area contributed by atoms with Crippen LogP contribution >= 0.6 is 15.9 Å². The van der Waals surface area contributed by atoms with Gasteiger partial charge in [0.05, 0.1) is 4.83 Å². The first-order valence-corrected chi connectivity index (χ1v) is 7.10. The summed E-state index contributed by atoms with van der Waals surface area (Å²) in [5.41, 5.74) is 2.88. The molecule has 0 fully saturated rings. The topological polar surface area (TPSA) is 39.2 Å². The molecule has 0 aliphatic rings. The SMILES string of the molecule is Cc1cc(C(Br)Cc2nc3ccccc3o2)c(C)o1. The fourth-order valence-corrected chi connectivity index (χ4v) is 2.96. The molecule has 98 valence electrons. The molecule has 0 saturated carbocycles. The van der Waals surface area contributed by atoms with Gasteiger partial charge in [0.25, 0.3) is 0 Å². The summed E-state index contributed by atoms with van der Waals surface area (Å²) in [5.74, 6) is 2.60. The van der Waals surface area contributed by atoms with Crippen molar-refractivity contribution in [2.24, 2.45) is 0 Å². The summed E-state index contributed by atoms with van der Waals surface area (Å²) in [4.78, 5) is 4.64. The number of furan rings is 1. The Kier molecular flexibility index (Phi) is 3.19. The lowest BCUT2D eigenvalue weighted by molar-refractivity contribution is 0.497. The van der Waals surface area contributed by atoms with Crippen molar-refractivity contribution < 1.29 is 8.83 Å². The van der Waals surface area contributed by atoms with E-state index in [1.165, 1.54) is 0 Å². The summed E-state index contributed by atoms with van der Waals surface area (Å²) in [6.07, 6.45) is 0.703. The van der Waals surface area contributed by atoms with Gasteiger partial charge >= 0.3 is 0 Å². The number of para-hydroxylation sites is 2. The van der Waals surface area contributed by atoms with E-state index in [-0.39, 0.29) is 4.83 Å². The number of benzene rings is 1. The average molecular weight is 320 g/mol. The minimum absolute atomic E-state index is 0.151. The summed E-state index contributed by atoms with van der Waals surface area (Å²) in [6, 6.07) is 9.86. The molecular weight excluding hydrogens is 306 g/mol. The minimum Gasteiger partial charge on any atom is -0.466 e. The highest BCUT2D eigenvalue weighted by Gasteiger charge is 2.17. The van der Waals surface area contributed by atoms with E-state index in [0.29, 0.717) is 6.42 Å². The molecule has 19 heavy (non-hydrogen) atoms. The molecule has 1 aromatic carbocycles. The lowest BCUT2D eigenvalue weighted by atomic mass is 10.1. The van der Waals surface area contributed by atoms with Gasteiger partial charge in [0, 0.05) is 12.0 Å². The highest BCUT2D eigenvalue weighted by molar-refractivity contribution is 9.09. The lowest BCUT2D eigenvalue weighted by Gasteiger charge is -2.05. The van der Waals surface area contributed by atoms with Crippen LogP contribution in [-0.2, 0) is 6.42 Å². The number of oxazole rings is 1. The van der Waals surface area contributed by atoms with Crippen molar-refractivity contribution in [2.45, 2.75) is 25.1 Å². The van der Waals surface area contributed by atoms with Crippen LogP contribution in [0.1, 0.15) is 27.8 Å². The average Bonchev–Trinajstić information content (AvgIpc) is 2.91. The third-order valence-electron chi connectivity index (χ3n) is 3.11. The predicted molar refractivity (Wildman–Crippen MR) is 77.6 cm³/mol. The van der Waals surface area contributed by atoms with Crippen molar-refractivity contribution >= 4 is 27.0 Å². The molecule has 0 aliphatic heterocycles. The Bertz CT molecular complexity index is 681. The summed E-state index contributed by atoms with van der Waals surface area (Å²) in [5, 5.41) is 0. The van der Waals surface area contributed by atoms with Gasteiger partial charge in [0.2, 0.25) is 0 Å². The molecule has 2 heterocycles. The van der Waals surface area contributed by atoms with Crippen LogP contribution in [0.3, 0.4) is 0 Å². The van der Waals surface area contributed by atoms with Gasteiger partial charge in [0.15, 0.2) is 11.5 Å². The van der Waals surface area contributed by atoms with Crippen molar-refractivity contribution in [2.75, 3.05) is 0 Å². The molecule has 0 N–H and O–H groups in total. The van der Waals surface area contributed by atoms with Gasteiger partial charge in [-0.1, -0.05) is 28.1 Å². The highest BCUT2D eigenvalue weighted by Crippen LogP contribution is 2.32. The third kappa shape index (κ3) is 2.45. The Hall–Kier alpha value is -1.55. The molecule has 0 amide bonds. The van der Waals surface area contributed by atoms with Crippen LogP contribution in [0.25, 0.3) is 11.1 Å². The standard InChI is InChI=1S/C15H14BrNO2/c1-9-7-11(10(2)18-9)12(16)8-15-17-13-5-3-4-6-14(13)19-15/h3-7,12H,8H2,1-2H3. The van der Waals surface area contributed by atoms with Gasteiger partial charge < -0.3 is 8.83 Å². The fraction of sp³-hybridized carbons (Fsp3) is 0.267. The Morgan fingerprint density at radius 3 is 2.68 bits per heavy atom. The number of hydrogen-bond acceptors (Lipinski definition) is 3.